The summed E-state index contributed by atoms with van der Waals surface area (Å²) in [5.74, 6) is -0.469. The minimum atomic E-state index is -0.545. The molecule has 1 heterocycles. The lowest BCUT2D eigenvalue weighted by molar-refractivity contribution is -0.142. The molecule has 2 aromatic carbocycles. The summed E-state index contributed by atoms with van der Waals surface area (Å²) >= 11 is 6.11. The third kappa shape index (κ3) is 3.19. The van der Waals surface area contributed by atoms with Gasteiger partial charge in [-0.3, -0.25) is 4.79 Å². The largest absolute Gasteiger partial charge is 0.466 e. The molecule has 1 aromatic heterocycles. The zero-order chi connectivity index (χ0) is 17.1. The predicted molar refractivity (Wildman–Crippen MR) is 93.3 cm³/mol. The molecule has 0 radical (unpaired) electrons. The van der Waals surface area contributed by atoms with Gasteiger partial charge in [0.05, 0.1) is 18.6 Å². The van der Waals surface area contributed by atoms with Crippen LogP contribution in [0.4, 0.5) is 0 Å². The van der Waals surface area contributed by atoms with Gasteiger partial charge in [0.1, 0.15) is 5.58 Å². The first-order chi connectivity index (χ1) is 11.6. The van der Waals surface area contributed by atoms with Crippen molar-refractivity contribution in [3.63, 3.8) is 0 Å². The number of carbonyl (C=O) groups is 1. The molecule has 0 atom stereocenters. The smallest absolute Gasteiger partial charge is 0.340 e. The van der Waals surface area contributed by atoms with E-state index in [1.54, 1.807) is 25.1 Å². The standard InChI is InChI=1S/C19H15ClO4/c1-2-23-17(21)11-15-18(12-6-4-3-5-7-12)14-10-13(20)8-9-16(14)24-19(15)22/h3-10H,2,11H2,1H3. The van der Waals surface area contributed by atoms with Crippen molar-refractivity contribution in [3.05, 3.63) is 69.5 Å². The van der Waals surface area contributed by atoms with Crippen molar-refractivity contribution in [2.75, 3.05) is 6.61 Å². The summed E-state index contributed by atoms with van der Waals surface area (Å²) in [6, 6.07) is 14.4. The van der Waals surface area contributed by atoms with Gasteiger partial charge < -0.3 is 9.15 Å². The first-order valence-corrected chi connectivity index (χ1v) is 7.94. The molecule has 0 saturated carbocycles. The monoisotopic (exact) mass is 342 g/mol. The van der Waals surface area contributed by atoms with E-state index in [2.05, 4.69) is 0 Å². The second-order valence-corrected chi connectivity index (χ2v) is 5.67. The van der Waals surface area contributed by atoms with Gasteiger partial charge >= 0.3 is 11.6 Å². The normalized spacial score (nSPS) is 10.8. The van der Waals surface area contributed by atoms with Crippen LogP contribution in [0.15, 0.2) is 57.7 Å². The lowest BCUT2D eigenvalue weighted by atomic mass is 9.95. The van der Waals surface area contributed by atoms with Crippen LogP contribution in [0, 0.1) is 0 Å². The predicted octanol–water partition coefficient (Wildman–Crippen LogP) is 4.22. The molecule has 0 unspecified atom stereocenters. The Morgan fingerprint density at radius 1 is 1.17 bits per heavy atom. The summed E-state index contributed by atoms with van der Waals surface area (Å²) < 4.78 is 10.3. The molecule has 0 spiro atoms. The Balaban J connectivity index is 2.31. The Morgan fingerprint density at radius 2 is 1.92 bits per heavy atom. The molecule has 122 valence electrons. The van der Waals surface area contributed by atoms with Crippen molar-refractivity contribution in [2.24, 2.45) is 0 Å². The average molecular weight is 343 g/mol. The lowest BCUT2D eigenvalue weighted by Crippen LogP contribution is -2.17. The van der Waals surface area contributed by atoms with Crippen LogP contribution in [0.5, 0.6) is 0 Å². The zero-order valence-electron chi connectivity index (χ0n) is 13.0. The summed E-state index contributed by atoms with van der Waals surface area (Å²) in [5, 5.41) is 1.21. The molecule has 0 bridgehead atoms. The zero-order valence-corrected chi connectivity index (χ0v) is 13.8. The minimum absolute atomic E-state index is 0.150. The third-order valence-corrected chi connectivity index (χ3v) is 3.89. The van der Waals surface area contributed by atoms with E-state index in [-0.39, 0.29) is 18.6 Å². The second-order valence-electron chi connectivity index (χ2n) is 5.23. The van der Waals surface area contributed by atoms with Gasteiger partial charge in [-0.15, -0.1) is 0 Å². The van der Waals surface area contributed by atoms with Crippen LogP contribution in [-0.4, -0.2) is 12.6 Å². The number of hydrogen-bond donors (Lipinski definition) is 0. The molecular weight excluding hydrogens is 328 g/mol. The van der Waals surface area contributed by atoms with E-state index in [0.717, 1.165) is 5.56 Å². The third-order valence-electron chi connectivity index (χ3n) is 3.65. The molecule has 24 heavy (non-hydrogen) atoms. The van der Waals surface area contributed by atoms with Gasteiger partial charge in [-0.05, 0) is 30.7 Å². The van der Waals surface area contributed by atoms with Gasteiger partial charge in [-0.1, -0.05) is 41.9 Å². The molecular formula is C19H15ClO4. The molecule has 0 aliphatic rings. The van der Waals surface area contributed by atoms with Gasteiger partial charge in [0.2, 0.25) is 0 Å². The fraction of sp³-hybridized carbons (Fsp3) is 0.158. The summed E-state index contributed by atoms with van der Waals surface area (Å²) in [6.45, 7) is 1.98. The summed E-state index contributed by atoms with van der Waals surface area (Å²) in [4.78, 5) is 24.4. The highest BCUT2D eigenvalue weighted by atomic mass is 35.5. The fourth-order valence-electron chi connectivity index (χ4n) is 2.66. The lowest BCUT2D eigenvalue weighted by Gasteiger charge is -2.12. The number of esters is 1. The summed E-state index contributed by atoms with van der Waals surface area (Å²) in [7, 11) is 0. The number of hydrogen-bond acceptors (Lipinski definition) is 4. The van der Waals surface area contributed by atoms with Crippen LogP contribution in [0.2, 0.25) is 5.02 Å². The van der Waals surface area contributed by atoms with Gasteiger partial charge in [0.15, 0.2) is 0 Å². The van der Waals surface area contributed by atoms with Gasteiger partial charge in [-0.2, -0.15) is 0 Å². The van der Waals surface area contributed by atoms with E-state index < -0.39 is 11.6 Å². The van der Waals surface area contributed by atoms with Crippen molar-refractivity contribution in [1.29, 1.82) is 0 Å². The molecule has 0 amide bonds. The van der Waals surface area contributed by atoms with Crippen molar-refractivity contribution in [2.45, 2.75) is 13.3 Å². The SMILES string of the molecule is CCOC(=O)Cc1c(-c2ccccc2)c2cc(Cl)ccc2oc1=O. The summed E-state index contributed by atoms with van der Waals surface area (Å²) in [6.07, 6.45) is -0.150. The molecule has 3 aromatic rings. The molecule has 0 N–H and O–H groups in total. The highest BCUT2D eigenvalue weighted by Gasteiger charge is 2.19. The Morgan fingerprint density at radius 3 is 2.62 bits per heavy atom. The maximum absolute atomic E-state index is 12.4. The van der Waals surface area contributed by atoms with Crippen molar-refractivity contribution < 1.29 is 13.9 Å². The Hall–Kier alpha value is -2.59. The van der Waals surface area contributed by atoms with Gasteiger partial charge in [0, 0.05) is 16.0 Å². The molecule has 4 nitrogen and oxygen atoms in total. The maximum Gasteiger partial charge on any atom is 0.340 e. The maximum atomic E-state index is 12.4. The van der Waals surface area contributed by atoms with Crippen LogP contribution in [0.1, 0.15) is 12.5 Å². The number of ether oxygens (including phenoxy) is 1. The Kier molecular flexibility index (Phi) is 4.67. The number of carbonyl (C=O) groups excluding carboxylic acids is 1. The highest BCUT2D eigenvalue weighted by molar-refractivity contribution is 6.31. The average Bonchev–Trinajstić information content (AvgIpc) is 2.57. The van der Waals surface area contributed by atoms with Crippen LogP contribution in [0.3, 0.4) is 0 Å². The Bertz CT molecular complexity index is 945. The van der Waals surface area contributed by atoms with E-state index >= 15 is 0 Å². The summed E-state index contributed by atoms with van der Waals surface area (Å²) in [5.41, 5.74) is 1.62. The highest BCUT2D eigenvalue weighted by Crippen LogP contribution is 2.32. The van der Waals surface area contributed by atoms with Crippen molar-refractivity contribution in [1.82, 2.24) is 0 Å². The molecule has 0 aliphatic carbocycles. The van der Waals surface area contributed by atoms with Crippen molar-refractivity contribution in [3.8, 4) is 11.1 Å². The van der Waals surface area contributed by atoms with Crippen molar-refractivity contribution >= 4 is 28.5 Å². The minimum Gasteiger partial charge on any atom is -0.466 e. The van der Waals surface area contributed by atoms with Gasteiger partial charge in [-0.25, -0.2) is 4.79 Å². The Labute approximate surface area is 143 Å². The van der Waals surface area contributed by atoms with E-state index in [1.807, 2.05) is 30.3 Å². The van der Waals surface area contributed by atoms with Gasteiger partial charge in [0.25, 0.3) is 0 Å². The van der Waals surface area contributed by atoms with E-state index in [9.17, 15) is 9.59 Å². The molecule has 0 fully saturated rings. The van der Waals surface area contributed by atoms with Crippen LogP contribution in [-0.2, 0) is 16.0 Å². The first kappa shape index (κ1) is 16.3. The number of fused-ring (bicyclic) bond motifs is 1. The molecule has 5 heteroatoms. The number of rotatable bonds is 4. The molecule has 0 aliphatic heterocycles. The van der Waals surface area contributed by atoms with Crippen LogP contribution in [0.25, 0.3) is 22.1 Å². The topological polar surface area (TPSA) is 56.5 Å². The molecule has 3 rings (SSSR count). The quantitative estimate of drug-likeness (QED) is 0.526. The van der Waals surface area contributed by atoms with E-state index in [0.29, 0.717) is 21.6 Å². The number of benzene rings is 2. The van der Waals surface area contributed by atoms with E-state index in [4.69, 9.17) is 20.8 Å². The van der Waals surface area contributed by atoms with Crippen LogP contribution >= 0.6 is 11.6 Å². The molecule has 0 saturated heterocycles. The van der Waals surface area contributed by atoms with Crippen LogP contribution < -0.4 is 5.63 Å². The second kappa shape index (κ2) is 6.89. The fourth-order valence-corrected chi connectivity index (χ4v) is 2.84. The van der Waals surface area contributed by atoms with E-state index in [1.165, 1.54) is 0 Å². The first-order valence-electron chi connectivity index (χ1n) is 7.56. The number of halogens is 1.